The summed E-state index contributed by atoms with van der Waals surface area (Å²) in [6, 6.07) is 10.2. The van der Waals surface area contributed by atoms with Crippen molar-refractivity contribution in [2.24, 2.45) is 0 Å². The number of anilines is 1. The number of nitrogens with one attached hydrogen (secondary N) is 2. The monoisotopic (exact) mass is 389 g/mol. The second-order valence-corrected chi connectivity index (χ2v) is 5.90. The maximum atomic E-state index is 12.6. The third-order valence-electron chi connectivity index (χ3n) is 3.97. The normalized spacial score (nSPS) is 11.2. The number of halogens is 3. The Labute approximate surface area is 157 Å². The van der Waals surface area contributed by atoms with Crippen LogP contribution >= 0.6 is 0 Å². The van der Waals surface area contributed by atoms with Crippen molar-refractivity contribution in [1.82, 2.24) is 10.3 Å². The summed E-state index contributed by atoms with van der Waals surface area (Å²) < 4.78 is 37.7. The molecule has 0 radical (unpaired) electrons. The lowest BCUT2D eigenvalue weighted by molar-refractivity contribution is -0.137. The summed E-state index contributed by atoms with van der Waals surface area (Å²) in [5.41, 5.74) is -0.0445. The van der Waals surface area contributed by atoms with E-state index in [0.717, 1.165) is 12.1 Å². The molecule has 0 bridgehead atoms. The largest absolute Gasteiger partial charge is 0.477 e. The number of urea groups is 1. The lowest BCUT2D eigenvalue weighted by Gasteiger charge is -2.11. The molecule has 0 saturated heterocycles. The molecule has 0 unspecified atom stereocenters. The molecule has 0 fully saturated rings. The predicted octanol–water partition coefficient (Wildman–Crippen LogP) is 4.27. The SMILES string of the molecule is O=C(NCc1ccc(C(F)(F)F)cc1)Nc1cccc2cnc(C(=O)O)cc12. The molecule has 1 aromatic heterocycles. The topological polar surface area (TPSA) is 91.3 Å². The van der Waals surface area contributed by atoms with E-state index in [4.69, 9.17) is 5.11 Å². The molecule has 3 N–H and O–H groups in total. The lowest BCUT2D eigenvalue weighted by Crippen LogP contribution is -2.28. The van der Waals surface area contributed by atoms with Gasteiger partial charge < -0.3 is 15.7 Å². The number of carbonyl (C=O) groups is 2. The molecule has 3 aromatic rings. The van der Waals surface area contributed by atoms with Gasteiger partial charge in [0.1, 0.15) is 5.69 Å². The number of pyridine rings is 1. The van der Waals surface area contributed by atoms with Crippen LogP contribution in [0.25, 0.3) is 10.8 Å². The van der Waals surface area contributed by atoms with E-state index in [2.05, 4.69) is 15.6 Å². The first-order chi connectivity index (χ1) is 13.2. The second kappa shape index (κ2) is 7.55. The summed E-state index contributed by atoms with van der Waals surface area (Å²) in [5.74, 6) is -1.19. The van der Waals surface area contributed by atoms with Crippen LogP contribution in [-0.2, 0) is 12.7 Å². The smallest absolute Gasteiger partial charge is 0.416 e. The number of aromatic nitrogens is 1. The van der Waals surface area contributed by atoms with Crippen LogP contribution in [0.1, 0.15) is 21.6 Å². The van der Waals surface area contributed by atoms with Crippen LogP contribution in [0.5, 0.6) is 0 Å². The summed E-state index contributed by atoms with van der Waals surface area (Å²) in [4.78, 5) is 27.1. The van der Waals surface area contributed by atoms with E-state index < -0.39 is 23.7 Å². The molecular formula is C19H14F3N3O3. The Morgan fingerprint density at radius 1 is 1.07 bits per heavy atom. The van der Waals surface area contributed by atoms with Gasteiger partial charge in [-0.25, -0.2) is 14.6 Å². The van der Waals surface area contributed by atoms with Crippen molar-refractivity contribution >= 4 is 28.5 Å². The van der Waals surface area contributed by atoms with Crippen molar-refractivity contribution in [3.63, 3.8) is 0 Å². The second-order valence-electron chi connectivity index (χ2n) is 5.90. The van der Waals surface area contributed by atoms with Gasteiger partial charge in [0.05, 0.1) is 11.3 Å². The van der Waals surface area contributed by atoms with Gasteiger partial charge in [0.25, 0.3) is 0 Å². The minimum atomic E-state index is -4.42. The highest BCUT2D eigenvalue weighted by Crippen LogP contribution is 2.29. The van der Waals surface area contributed by atoms with Gasteiger partial charge in [0, 0.05) is 23.5 Å². The molecule has 28 heavy (non-hydrogen) atoms. The first-order valence-corrected chi connectivity index (χ1v) is 8.07. The number of fused-ring (bicyclic) bond motifs is 1. The molecule has 144 valence electrons. The Morgan fingerprint density at radius 3 is 2.43 bits per heavy atom. The van der Waals surface area contributed by atoms with E-state index in [-0.39, 0.29) is 12.2 Å². The quantitative estimate of drug-likeness (QED) is 0.621. The fraction of sp³-hybridized carbons (Fsp3) is 0.105. The fourth-order valence-electron chi connectivity index (χ4n) is 2.56. The summed E-state index contributed by atoms with van der Waals surface area (Å²) in [5, 5.41) is 15.4. The Balaban J connectivity index is 1.69. The molecule has 1 heterocycles. The number of hydrogen-bond donors (Lipinski definition) is 3. The zero-order valence-electron chi connectivity index (χ0n) is 14.2. The van der Waals surface area contributed by atoms with Gasteiger partial charge in [0.2, 0.25) is 0 Å². The molecule has 6 nitrogen and oxygen atoms in total. The van der Waals surface area contributed by atoms with E-state index >= 15 is 0 Å². The number of alkyl halides is 3. The Hall–Kier alpha value is -3.62. The minimum absolute atomic E-state index is 0.0245. The maximum absolute atomic E-state index is 12.6. The van der Waals surface area contributed by atoms with Gasteiger partial charge in [-0.2, -0.15) is 13.2 Å². The molecule has 2 amide bonds. The number of aromatic carboxylic acids is 1. The highest BCUT2D eigenvalue weighted by Gasteiger charge is 2.29. The van der Waals surface area contributed by atoms with Crippen LogP contribution in [0, 0.1) is 0 Å². The average molecular weight is 389 g/mol. The number of nitrogens with zero attached hydrogens (tertiary/aromatic N) is 1. The van der Waals surface area contributed by atoms with Crippen LogP contribution in [0.2, 0.25) is 0 Å². The molecule has 0 saturated carbocycles. The van der Waals surface area contributed by atoms with Crippen LogP contribution in [0.15, 0.2) is 54.7 Å². The average Bonchev–Trinajstić information content (AvgIpc) is 2.66. The van der Waals surface area contributed by atoms with E-state index in [1.807, 2.05) is 0 Å². The number of benzene rings is 2. The van der Waals surface area contributed by atoms with E-state index in [1.165, 1.54) is 24.4 Å². The number of hydrogen-bond acceptors (Lipinski definition) is 3. The van der Waals surface area contributed by atoms with Gasteiger partial charge in [-0.3, -0.25) is 0 Å². The van der Waals surface area contributed by atoms with Gasteiger partial charge in [-0.05, 0) is 29.8 Å². The predicted molar refractivity (Wildman–Crippen MR) is 96.0 cm³/mol. The van der Waals surface area contributed by atoms with Crippen molar-refractivity contribution in [2.75, 3.05) is 5.32 Å². The Kier molecular flexibility index (Phi) is 5.16. The minimum Gasteiger partial charge on any atom is -0.477 e. The van der Waals surface area contributed by atoms with Crippen LogP contribution in [0.3, 0.4) is 0 Å². The Bertz CT molecular complexity index is 1030. The fourth-order valence-corrected chi connectivity index (χ4v) is 2.56. The van der Waals surface area contributed by atoms with Crippen LogP contribution in [0.4, 0.5) is 23.7 Å². The number of carboxylic acids is 1. The molecule has 0 aliphatic rings. The van der Waals surface area contributed by atoms with Crippen molar-refractivity contribution in [2.45, 2.75) is 12.7 Å². The zero-order valence-corrected chi connectivity index (χ0v) is 14.2. The third kappa shape index (κ3) is 4.37. The van der Waals surface area contributed by atoms with E-state index in [9.17, 15) is 22.8 Å². The van der Waals surface area contributed by atoms with Crippen molar-refractivity contribution in [1.29, 1.82) is 0 Å². The highest BCUT2D eigenvalue weighted by molar-refractivity contribution is 6.03. The lowest BCUT2D eigenvalue weighted by atomic mass is 10.1. The molecule has 0 spiro atoms. The number of rotatable bonds is 4. The van der Waals surface area contributed by atoms with Gasteiger partial charge in [-0.15, -0.1) is 0 Å². The third-order valence-corrected chi connectivity index (χ3v) is 3.97. The van der Waals surface area contributed by atoms with Gasteiger partial charge in [0.15, 0.2) is 0 Å². The summed E-state index contributed by atoms with van der Waals surface area (Å²) in [6.07, 6.45) is -3.02. The van der Waals surface area contributed by atoms with Gasteiger partial charge in [-0.1, -0.05) is 24.3 Å². The summed E-state index contributed by atoms with van der Waals surface area (Å²) in [6.45, 7) is 0.0245. The van der Waals surface area contributed by atoms with Crippen LogP contribution in [-0.4, -0.2) is 22.1 Å². The highest BCUT2D eigenvalue weighted by atomic mass is 19.4. The zero-order chi connectivity index (χ0) is 20.3. The van der Waals surface area contributed by atoms with Gasteiger partial charge >= 0.3 is 18.2 Å². The van der Waals surface area contributed by atoms with Crippen molar-refractivity contribution in [3.8, 4) is 0 Å². The number of carbonyl (C=O) groups excluding carboxylic acids is 1. The van der Waals surface area contributed by atoms with E-state index in [1.54, 1.807) is 18.2 Å². The first-order valence-electron chi connectivity index (χ1n) is 8.07. The summed E-state index contributed by atoms with van der Waals surface area (Å²) >= 11 is 0. The van der Waals surface area contributed by atoms with Crippen LogP contribution < -0.4 is 10.6 Å². The van der Waals surface area contributed by atoms with Crippen molar-refractivity contribution in [3.05, 3.63) is 71.5 Å². The molecule has 2 aromatic carbocycles. The molecule has 0 aliphatic carbocycles. The molecule has 0 aliphatic heterocycles. The first kappa shape index (κ1) is 19.2. The molecule has 3 rings (SSSR count). The van der Waals surface area contributed by atoms with E-state index in [0.29, 0.717) is 22.0 Å². The number of carboxylic acid groups (broad SMARTS) is 1. The van der Waals surface area contributed by atoms with Crippen molar-refractivity contribution < 1.29 is 27.9 Å². The number of amides is 2. The summed E-state index contributed by atoms with van der Waals surface area (Å²) in [7, 11) is 0. The molecule has 9 heteroatoms. The molecular weight excluding hydrogens is 375 g/mol. The molecule has 0 atom stereocenters. The standard InChI is InChI=1S/C19H14F3N3O3/c20-19(21,22)13-6-4-11(5-7-13)9-24-18(28)25-15-3-1-2-12-10-23-16(17(26)27)8-14(12)15/h1-8,10H,9H2,(H,26,27)(H2,24,25,28). The maximum Gasteiger partial charge on any atom is 0.416 e. The Morgan fingerprint density at radius 2 is 1.79 bits per heavy atom.